The van der Waals surface area contributed by atoms with Gasteiger partial charge in [-0.05, 0) is 39.8 Å². The number of halogens is 9. The first kappa shape index (κ1) is 21.8. The molecule has 138 valence electrons. The third-order valence-corrected chi connectivity index (χ3v) is 4.98. The summed E-state index contributed by atoms with van der Waals surface area (Å²) < 4.78 is 114. The predicted octanol–water partition coefficient (Wildman–Crippen LogP) is 5.47. The van der Waals surface area contributed by atoms with Gasteiger partial charge in [-0.15, -0.1) is 0 Å². The summed E-state index contributed by atoms with van der Waals surface area (Å²) >= 11 is 4.56. The molecule has 0 radical (unpaired) electrons. The van der Waals surface area contributed by atoms with Crippen molar-refractivity contribution in [1.82, 2.24) is 0 Å². The van der Waals surface area contributed by atoms with Gasteiger partial charge >= 0.3 is 17.4 Å². The Kier molecular flexibility index (Phi) is 6.22. The van der Waals surface area contributed by atoms with Crippen molar-refractivity contribution in [3.8, 4) is 0 Å². The standard InChI is InChI=1S/C10H6Br2F7NO2S2/c1-24(21,22)20-7-5(12)2-4(11)3-6(7)23-10(18,19)8(13,14)9(15,16)17/h2-3,20H,1H3. The maximum absolute atomic E-state index is 13.5. The highest BCUT2D eigenvalue weighted by Gasteiger charge is 2.73. The Morgan fingerprint density at radius 1 is 1.04 bits per heavy atom. The second-order valence-electron chi connectivity index (χ2n) is 4.33. The largest absolute Gasteiger partial charge is 0.460 e. The fraction of sp³-hybridized carbons (Fsp3) is 0.400. The van der Waals surface area contributed by atoms with Crippen LogP contribution in [-0.2, 0) is 10.0 Å². The van der Waals surface area contributed by atoms with Crippen molar-refractivity contribution in [3.63, 3.8) is 0 Å². The average Bonchev–Trinajstić information content (AvgIpc) is 2.30. The maximum Gasteiger partial charge on any atom is 0.460 e. The molecule has 14 heteroatoms. The van der Waals surface area contributed by atoms with Crippen LogP contribution in [0.15, 0.2) is 26.0 Å². The van der Waals surface area contributed by atoms with E-state index in [0.29, 0.717) is 6.26 Å². The molecular weight excluding hydrogens is 523 g/mol. The molecule has 0 amide bonds. The molecule has 0 unspecified atom stereocenters. The first-order chi connectivity index (χ1) is 10.5. The monoisotopic (exact) mass is 527 g/mol. The summed E-state index contributed by atoms with van der Waals surface area (Å²) in [5.41, 5.74) is -0.594. The van der Waals surface area contributed by atoms with E-state index in [1.165, 1.54) is 6.07 Å². The number of benzene rings is 1. The van der Waals surface area contributed by atoms with Gasteiger partial charge in [0.1, 0.15) is 0 Å². The number of rotatable bonds is 5. The Balaban J connectivity index is 3.42. The Labute approximate surface area is 152 Å². The van der Waals surface area contributed by atoms with Crippen LogP contribution in [0.3, 0.4) is 0 Å². The molecule has 0 spiro atoms. The minimum Gasteiger partial charge on any atom is -0.281 e. The third-order valence-electron chi connectivity index (χ3n) is 2.27. The first-order valence-corrected chi connectivity index (χ1v) is 9.75. The van der Waals surface area contributed by atoms with E-state index in [1.54, 1.807) is 4.72 Å². The molecule has 0 saturated carbocycles. The van der Waals surface area contributed by atoms with Crippen LogP contribution in [0.25, 0.3) is 0 Å². The van der Waals surface area contributed by atoms with Gasteiger partial charge in [0.05, 0.1) is 11.9 Å². The number of hydrogen-bond donors (Lipinski definition) is 1. The number of hydrogen-bond acceptors (Lipinski definition) is 3. The van der Waals surface area contributed by atoms with E-state index in [4.69, 9.17) is 0 Å². The molecule has 0 saturated heterocycles. The normalized spacial score (nSPS) is 13.9. The van der Waals surface area contributed by atoms with E-state index in [2.05, 4.69) is 31.9 Å². The summed E-state index contributed by atoms with van der Waals surface area (Å²) in [5.74, 6) is -6.33. The van der Waals surface area contributed by atoms with Gasteiger partial charge in [0.15, 0.2) is 0 Å². The Morgan fingerprint density at radius 3 is 1.96 bits per heavy atom. The van der Waals surface area contributed by atoms with Crippen LogP contribution in [0.1, 0.15) is 0 Å². The number of anilines is 1. The quantitative estimate of drug-likeness (QED) is 0.407. The minimum absolute atomic E-state index is 0.0436. The lowest BCUT2D eigenvalue weighted by molar-refractivity contribution is -0.330. The molecule has 0 aliphatic rings. The van der Waals surface area contributed by atoms with Crippen molar-refractivity contribution < 1.29 is 39.2 Å². The zero-order valence-electron chi connectivity index (χ0n) is 11.2. The molecule has 24 heavy (non-hydrogen) atoms. The van der Waals surface area contributed by atoms with Gasteiger partial charge in [-0.25, -0.2) is 8.42 Å². The lowest BCUT2D eigenvalue weighted by Crippen LogP contribution is -2.49. The molecule has 0 aliphatic carbocycles. The molecule has 1 aromatic carbocycles. The number of thioether (sulfide) groups is 1. The Morgan fingerprint density at radius 2 is 1.54 bits per heavy atom. The molecule has 0 fully saturated rings. The summed E-state index contributed by atoms with van der Waals surface area (Å²) in [4.78, 5) is -0.837. The van der Waals surface area contributed by atoms with Crippen molar-refractivity contribution in [2.75, 3.05) is 11.0 Å². The SMILES string of the molecule is CS(=O)(=O)Nc1c(Br)cc(Br)cc1SC(F)(F)C(F)(F)C(F)(F)F. The predicted molar refractivity (Wildman–Crippen MR) is 82.1 cm³/mol. The highest BCUT2D eigenvalue weighted by atomic mass is 79.9. The summed E-state index contributed by atoms with van der Waals surface area (Å²) in [6.07, 6.45) is -5.84. The molecule has 0 aliphatic heterocycles. The van der Waals surface area contributed by atoms with Gasteiger partial charge < -0.3 is 0 Å². The second-order valence-corrected chi connectivity index (χ2v) is 9.00. The zero-order valence-corrected chi connectivity index (χ0v) is 16.0. The molecule has 1 rings (SSSR count). The molecule has 1 N–H and O–H groups in total. The van der Waals surface area contributed by atoms with E-state index in [-0.39, 0.29) is 8.95 Å². The van der Waals surface area contributed by atoms with E-state index in [1.807, 2.05) is 0 Å². The topological polar surface area (TPSA) is 46.2 Å². The number of sulfonamides is 1. The molecular formula is C10H6Br2F7NO2S2. The van der Waals surface area contributed by atoms with Crippen LogP contribution in [0.5, 0.6) is 0 Å². The zero-order chi connectivity index (χ0) is 19.1. The van der Waals surface area contributed by atoms with Crippen molar-refractivity contribution in [2.24, 2.45) is 0 Å². The van der Waals surface area contributed by atoms with E-state index < -0.39 is 49.7 Å². The highest BCUT2D eigenvalue weighted by Crippen LogP contribution is 2.55. The van der Waals surface area contributed by atoms with Crippen molar-refractivity contribution in [2.45, 2.75) is 22.2 Å². The smallest absolute Gasteiger partial charge is 0.281 e. The molecule has 3 nitrogen and oxygen atoms in total. The average molecular weight is 529 g/mol. The summed E-state index contributed by atoms with van der Waals surface area (Å²) in [6.45, 7) is 0. The van der Waals surface area contributed by atoms with Gasteiger partial charge in [-0.3, -0.25) is 4.72 Å². The van der Waals surface area contributed by atoms with Crippen molar-refractivity contribution in [1.29, 1.82) is 0 Å². The fourth-order valence-electron chi connectivity index (χ4n) is 1.28. The van der Waals surface area contributed by atoms with Crippen LogP contribution < -0.4 is 4.72 Å². The number of alkyl halides is 7. The molecule has 0 aromatic heterocycles. The third kappa shape index (κ3) is 4.91. The second kappa shape index (κ2) is 6.83. The van der Waals surface area contributed by atoms with Gasteiger partial charge in [-0.2, -0.15) is 30.7 Å². The van der Waals surface area contributed by atoms with Crippen LogP contribution in [0.2, 0.25) is 0 Å². The molecule has 0 heterocycles. The van der Waals surface area contributed by atoms with E-state index in [9.17, 15) is 39.2 Å². The molecule has 0 bridgehead atoms. The lowest BCUT2D eigenvalue weighted by Gasteiger charge is -2.28. The van der Waals surface area contributed by atoms with E-state index >= 15 is 0 Å². The molecule has 1 aromatic rings. The van der Waals surface area contributed by atoms with Gasteiger partial charge in [-0.1, -0.05) is 15.9 Å². The van der Waals surface area contributed by atoms with Crippen LogP contribution >= 0.6 is 43.6 Å². The van der Waals surface area contributed by atoms with Crippen molar-refractivity contribution >= 4 is 59.3 Å². The summed E-state index contributed by atoms with van der Waals surface area (Å²) in [7, 11) is -4.02. The van der Waals surface area contributed by atoms with Gasteiger partial charge in [0.2, 0.25) is 10.0 Å². The van der Waals surface area contributed by atoms with Crippen molar-refractivity contribution in [3.05, 3.63) is 21.1 Å². The number of nitrogens with one attached hydrogen (secondary N) is 1. The van der Waals surface area contributed by atoms with Crippen LogP contribution in [-0.4, -0.2) is 32.0 Å². The fourth-order valence-corrected chi connectivity index (χ4v) is 4.64. The van der Waals surface area contributed by atoms with Gasteiger partial charge in [0.25, 0.3) is 0 Å². The lowest BCUT2D eigenvalue weighted by atomic mass is 10.3. The molecule has 0 atom stereocenters. The Hall–Kier alpha value is -0.210. The Bertz CT molecular complexity index is 737. The van der Waals surface area contributed by atoms with Gasteiger partial charge in [0, 0.05) is 13.8 Å². The minimum atomic E-state index is -6.49. The van der Waals surface area contributed by atoms with Crippen LogP contribution in [0, 0.1) is 0 Å². The first-order valence-electron chi connectivity index (χ1n) is 5.46. The summed E-state index contributed by atoms with van der Waals surface area (Å²) in [6, 6.07) is 1.97. The van der Waals surface area contributed by atoms with E-state index in [0.717, 1.165) is 6.07 Å². The highest BCUT2D eigenvalue weighted by molar-refractivity contribution is 9.11. The summed E-state index contributed by atoms with van der Waals surface area (Å²) in [5, 5.41) is -5.58. The van der Waals surface area contributed by atoms with Crippen LogP contribution in [0.4, 0.5) is 36.4 Å². The maximum atomic E-state index is 13.5.